The van der Waals surface area contributed by atoms with Crippen molar-refractivity contribution in [3.05, 3.63) is 51.8 Å². The molecule has 0 bridgehead atoms. The van der Waals surface area contributed by atoms with Gasteiger partial charge in [0.15, 0.2) is 0 Å². The minimum Gasteiger partial charge on any atom is -1.00 e. The molecule has 0 spiro atoms. The highest BCUT2D eigenvalue weighted by Gasteiger charge is 2.15. The molecule has 0 saturated heterocycles. The van der Waals surface area contributed by atoms with Crippen molar-refractivity contribution in [2.24, 2.45) is 0 Å². The van der Waals surface area contributed by atoms with E-state index in [1.807, 2.05) is 12.1 Å². The first-order valence-electron chi connectivity index (χ1n) is 7.65. The standard InChI is InChI=1S/C16H15Cl2N5O3.ClH/c17-9-1-3-12(18)11(7-9)13-4-2-10(25-13)8-20-5-6-21-16(24)14-15(19)23-26-22-14;/h1-4,7,20H,5-6,8H2,(H2,19,23)(H,21,24);1H/p-1. The van der Waals surface area contributed by atoms with E-state index in [1.54, 1.807) is 18.2 Å². The van der Waals surface area contributed by atoms with E-state index in [4.69, 9.17) is 33.4 Å². The highest BCUT2D eigenvalue weighted by Crippen LogP contribution is 2.31. The molecule has 0 unspecified atom stereocenters. The Labute approximate surface area is 170 Å². The van der Waals surface area contributed by atoms with Crippen molar-refractivity contribution in [1.82, 2.24) is 20.9 Å². The number of nitrogens with one attached hydrogen (secondary N) is 2. The summed E-state index contributed by atoms with van der Waals surface area (Å²) in [5, 5.41) is 13.7. The van der Waals surface area contributed by atoms with Crippen molar-refractivity contribution in [3.8, 4) is 11.3 Å². The molecule has 0 aliphatic rings. The molecule has 2 heterocycles. The number of nitrogen functional groups attached to an aromatic ring is 1. The predicted octanol–water partition coefficient (Wildman–Crippen LogP) is -0.258. The van der Waals surface area contributed by atoms with Gasteiger partial charge in [-0.3, -0.25) is 4.79 Å². The number of anilines is 1. The van der Waals surface area contributed by atoms with Crippen LogP contribution >= 0.6 is 23.2 Å². The van der Waals surface area contributed by atoms with Crippen LogP contribution in [-0.2, 0) is 6.54 Å². The van der Waals surface area contributed by atoms with E-state index in [9.17, 15) is 4.79 Å². The number of carbonyl (C=O) groups is 1. The Morgan fingerprint density at radius 3 is 2.70 bits per heavy atom. The summed E-state index contributed by atoms with van der Waals surface area (Å²) in [6, 6.07) is 8.87. The lowest BCUT2D eigenvalue weighted by Gasteiger charge is -2.05. The van der Waals surface area contributed by atoms with Gasteiger partial charge in [-0.15, -0.1) is 0 Å². The Bertz CT molecular complexity index is 912. The molecule has 1 aromatic carbocycles. The first-order valence-corrected chi connectivity index (χ1v) is 8.41. The molecule has 0 fully saturated rings. The van der Waals surface area contributed by atoms with Crippen LogP contribution in [0.4, 0.5) is 5.82 Å². The first-order chi connectivity index (χ1) is 12.5. The molecule has 0 aliphatic carbocycles. The number of halogens is 3. The van der Waals surface area contributed by atoms with Gasteiger partial charge in [0.2, 0.25) is 11.5 Å². The lowest BCUT2D eigenvalue weighted by atomic mass is 10.2. The zero-order chi connectivity index (χ0) is 18.5. The third-order valence-corrected chi connectivity index (χ3v) is 4.04. The second-order valence-electron chi connectivity index (χ2n) is 5.32. The van der Waals surface area contributed by atoms with Gasteiger partial charge in [0.1, 0.15) is 11.5 Å². The van der Waals surface area contributed by atoms with Gasteiger partial charge in [-0.25, -0.2) is 4.63 Å². The summed E-state index contributed by atoms with van der Waals surface area (Å²) >= 11 is 12.2. The van der Waals surface area contributed by atoms with Crippen LogP contribution in [0.3, 0.4) is 0 Å². The molecule has 8 nitrogen and oxygen atoms in total. The quantitative estimate of drug-likeness (QED) is 0.441. The Hall–Kier alpha value is -2.26. The number of nitrogens with zero attached hydrogens (tertiary/aromatic N) is 2. The lowest BCUT2D eigenvalue weighted by Crippen LogP contribution is -3.00. The van der Waals surface area contributed by atoms with E-state index >= 15 is 0 Å². The number of furan rings is 1. The Kier molecular flexibility index (Phi) is 7.49. The number of amides is 1. The molecule has 3 rings (SSSR count). The van der Waals surface area contributed by atoms with E-state index in [1.165, 1.54) is 0 Å². The maximum absolute atomic E-state index is 11.8. The normalized spacial score (nSPS) is 10.4. The summed E-state index contributed by atoms with van der Waals surface area (Å²) in [4.78, 5) is 11.8. The molecule has 27 heavy (non-hydrogen) atoms. The SMILES string of the molecule is Nc1nonc1C(=O)NCCNCc1ccc(-c2cc(Cl)ccc2Cl)o1.[Cl-]. The summed E-state index contributed by atoms with van der Waals surface area (Å²) in [5.41, 5.74) is 6.15. The molecular weight excluding hydrogens is 417 g/mol. The molecule has 11 heteroatoms. The van der Waals surface area contributed by atoms with E-state index in [0.29, 0.717) is 35.4 Å². The number of hydrogen-bond donors (Lipinski definition) is 3. The number of hydrogen-bond acceptors (Lipinski definition) is 7. The minimum absolute atomic E-state index is 0. The highest BCUT2D eigenvalue weighted by molar-refractivity contribution is 6.35. The molecule has 1 amide bonds. The van der Waals surface area contributed by atoms with Crippen molar-refractivity contribution in [3.63, 3.8) is 0 Å². The van der Waals surface area contributed by atoms with Crippen molar-refractivity contribution in [1.29, 1.82) is 0 Å². The lowest BCUT2D eigenvalue weighted by molar-refractivity contribution is -0.0000146. The average molecular weight is 432 g/mol. The second kappa shape index (κ2) is 9.61. The second-order valence-corrected chi connectivity index (χ2v) is 6.16. The zero-order valence-corrected chi connectivity index (χ0v) is 16.1. The van der Waals surface area contributed by atoms with Crippen LogP contribution in [0.15, 0.2) is 39.4 Å². The van der Waals surface area contributed by atoms with Crippen molar-refractivity contribution >= 4 is 34.9 Å². The summed E-state index contributed by atoms with van der Waals surface area (Å²) < 4.78 is 10.1. The fourth-order valence-corrected chi connectivity index (χ4v) is 2.60. The van der Waals surface area contributed by atoms with Gasteiger partial charge >= 0.3 is 0 Å². The Morgan fingerprint density at radius 2 is 1.96 bits per heavy atom. The maximum atomic E-state index is 11.8. The van der Waals surface area contributed by atoms with Gasteiger partial charge in [-0.05, 0) is 40.6 Å². The maximum Gasteiger partial charge on any atom is 0.277 e. The van der Waals surface area contributed by atoms with Gasteiger partial charge in [0, 0.05) is 23.7 Å². The van der Waals surface area contributed by atoms with Crippen LogP contribution in [0, 0.1) is 0 Å². The topological polar surface area (TPSA) is 119 Å². The molecule has 0 saturated carbocycles. The zero-order valence-electron chi connectivity index (χ0n) is 13.8. The number of aromatic nitrogens is 2. The fraction of sp³-hybridized carbons (Fsp3) is 0.188. The van der Waals surface area contributed by atoms with Crippen molar-refractivity contribution in [2.45, 2.75) is 6.54 Å². The molecule has 0 radical (unpaired) electrons. The average Bonchev–Trinajstić information content (AvgIpc) is 3.25. The van der Waals surface area contributed by atoms with Crippen LogP contribution in [0.25, 0.3) is 11.3 Å². The largest absolute Gasteiger partial charge is 1.00 e. The molecule has 4 N–H and O–H groups in total. The van der Waals surface area contributed by atoms with Crippen molar-refractivity contribution < 1.29 is 26.2 Å². The number of nitrogens with two attached hydrogens (primary N) is 1. The number of benzene rings is 1. The summed E-state index contributed by atoms with van der Waals surface area (Å²) in [6.07, 6.45) is 0. The Balaban J connectivity index is 0.00000261. The predicted molar refractivity (Wildman–Crippen MR) is 96.9 cm³/mol. The third-order valence-electron chi connectivity index (χ3n) is 3.47. The highest BCUT2D eigenvalue weighted by atomic mass is 35.5. The smallest absolute Gasteiger partial charge is 0.277 e. The molecule has 0 aliphatic heterocycles. The van der Waals surface area contributed by atoms with Crippen LogP contribution in [0.1, 0.15) is 16.2 Å². The molecule has 0 atom stereocenters. The summed E-state index contributed by atoms with van der Waals surface area (Å²) in [5.74, 6) is 0.878. The summed E-state index contributed by atoms with van der Waals surface area (Å²) in [7, 11) is 0. The van der Waals surface area contributed by atoms with Crippen LogP contribution in [-0.4, -0.2) is 29.3 Å². The molecule has 2 aromatic heterocycles. The van der Waals surface area contributed by atoms with E-state index in [2.05, 4.69) is 25.6 Å². The first kappa shape index (κ1) is 21.0. The molecular formula is C16H15Cl3N5O3-. The van der Waals surface area contributed by atoms with Crippen LogP contribution in [0.5, 0.6) is 0 Å². The van der Waals surface area contributed by atoms with Crippen LogP contribution in [0.2, 0.25) is 10.0 Å². The van der Waals surface area contributed by atoms with Gasteiger partial charge in [0.05, 0.1) is 11.6 Å². The Morgan fingerprint density at radius 1 is 1.15 bits per heavy atom. The third kappa shape index (κ3) is 5.36. The fourth-order valence-electron chi connectivity index (χ4n) is 2.22. The minimum atomic E-state index is -0.443. The van der Waals surface area contributed by atoms with Crippen molar-refractivity contribution in [2.75, 3.05) is 18.8 Å². The number of rotatable bonds is 7. The molecule has 3 aromatic rings. The van der Waals surface area contributed by atoms with E-state index < -0.39 is 5.91 Å². The van der Waals surface area contributed by atoms with Gasteiger partial charge in [-0.2, -0.15) is 0 Å². The van der Waals surface area contributed by atoms with Gasteiger partial charge in [-0.1, -0.05) is 23.2 Å². The molecule has 144 valence electrons. The van der Waals surface area contributed by atoms with Gasteiger partial charge < -0.3 is 33.2 Å². The van der Waals surface area contributed by atoms with Crippen LogP contribution < -0.4 is 28.8 Å². The van der Waals surface area contributed by atoms with Gasteiger partial charge in [0.25, 0.3) is 5.91 Å². The monoisotopic (exact) mass is 430 g/mol. The van der Waals surface area contributed by atoms with E-state index in [0.717, 1.165) is 11.3 Å². The summed E-state index contributed by atoms with van der Waals surface area (Å²) in [6.45, 7) is 1.38. The van der Waals surface area contributed by atoms with E-state index in [-0.39, 0.29) is 23.9 Å². The number of carbonyl (C=O) groups excluding carboxylic acids is 1.